The van der Waals surface area contributed by atoms with Gasteiger partial charge in [-0.1, -0.05) is 24.3 Å². The number of ether oxygens (including phenoxy) is 1. The zero-order valence-electron chi connectivity index (χ0n) is 20.3. The van der Waals surface area contributed by atoms with Crippen molar-refractivity contribution in [1.29, 1.82) is 0 Å². The first-order valence-electron chi connectivity index (χ1n) is 12.4. The lowest BCUT2D eigenvalue weighted by Gasteiger charge is -2.18. The number of aryl methyl sites for hydroxylation is 1. The molecule has 1 atom stereocenters. The maximum atomic E-state index is 12.2. The van der Waals surface area contributed by atoms with Crippen LogP contribution >= 0.6 is 11.3 Å². The molecule has 0 spiro atoms. The van der Waals surface area contributed by atoms with Crippen molar-refractivity contribution in [3.05, 3.63) is 82.8 Å². The van der Waals surface area contributed by atoms with Gasteiger partial charge in [0.2, 0.25) is 0 Å². The van der Waals surface area contributed by atoms with Gasteiger partial charge < -0.3 is 13.9 Å². The number of nitrogens with zero attached hydrogens (tertiary/aromatic N) is 4. The van der Waals surface area contributed by atoms with E-state index in [0.29, 0.717) is 11.5 Å². The van der Waals surface area contributed by atoms with Gasteiger partial charge in [0.25, 0.3) is 0 Å². The van der Waals surface area contributed by atoms with Gasteiger partial charge in [0, 0.05) is 17.0 Å². The standard InChI is InChI=1S/C29H28N4O2S/c1-35-29(34)21-12-13-26-25(17-21)31-28(33(26)15-14-20-7-3-2-4-8-20)23-10-5-11-24-27(23)32(19-30-24)18-22-9-6-16-36-22/h3,5-7,9-13,16-17,19-20H,2,4,8,14-15,18H2,1H3. The van der Waals surface area contributed by atoms with Crippen LogP contribution in [0.1, 0.15) is 40.9 Å². The number of imidazole rings is 2. The van der Waals surface area contributed by atoms with Crippen molar-refractivity contribution < 1.29 is 9.53 Å². The van der Waals surface area contributed by atoms with Crippen LogP contribution in [0, 0.1) is 5.92 Å². The smallest absolute Gasteiger partial charge is 0.337 e. The van der Waals surface area contributed by atoms with Gasteiger partial charge >= 0.3 is 5.97 Å². The molecule has 2 aromatic carbocycles. The van der Waals surface area contributed by atoms with Gasteiger partial charge in [-0.05, 0) is 73.4 Å². The Morgan fingerprint density at radius 1 is 1.17 bits per heavy atom. The van der Waals surface area contributed by atoms with Gasteiger partial charge in [-0.25, -0.2) is 14.8 Å². The molecule has 0 N–H and O–H groups in total. The third kappa shape index (κ3) is 4.24. The molecule has 6 nitrogen and oxygen atoms in total. The number of esters is 1. The summed E-state index contributed by atoms with van der Waals surface area (Å²) in [6.07, 6.45) is 11.3. The van der Waals surface area contributed by atoms with E-state index in [2.05, 4.69) is 50.9 Å². The van der Waals surface area contributed by atoms with E-state index < -0.39 is 0 Å². The van der Waals surface area contributed by atoms with Crippen molar-refractivity contribution in [2.45, 2.75) is 38.8 Å². The van der Waals surface area contributed by atoms with Crippen LogP contribution in [-0.2, 0) is 17.8 Å². The Morgan fingerprint density at radius 3 is 2.92 bits per heavy atom. The Bertz CT molecular complexity index is 1560. The second-order valence-corrected chi connectivity index (χ2v) is 10.3. The molecule has 1 aliphatic rings. The Morgan fingerprint density at radius 2 is 2.11 bits per heavy atom. The zero-order chi connectivity index (χ0) is 24.5. The summed E-state index contributed by atoms with van der Waals surface area (Å²) in [7, 11) is 1.41. The number of fused-ring (bicyclic) bond motifs is 2. The Balaban J connectivity index is 1.49. The topological polar surface area (TPSA) is 61.9 Å². The molecular weight excluding hydrogens is 468 g/mol. The van der Waals surface area contributed by atoms with E-state index >= 15 is 0 Å². The fourth-order valence-electron chi connectivity index (χ4n) is 5.22. The number of methoxy groups -OCH3 is 1. The van der Waals surface area contributed by atoms with Crippen molar-refractivity contribution in [2.75, 3.05) is 7.11 Å². The average Bonchev–Trinajstić information content (AvgIpc) is 3.66. The normalized spacial score (nSPS) is 15.6. The molecule has 0 amide bonds. The molecule has 5 aromatic rings. The minimum absolute atomic E-state index is 0.350. The molecule has 0 saturated carbocycles. The van der Waals surface area contributed by atoms with E-state index in [4.69, 9.17) is 14.7 Å². The lowest BCUT2D eigenvalue weighted by atomic mass is 9.93. The summed E-state index contributed by atoms with van der Waals surface area (Å²) in [5.74, 6) is 1.14. The number of hydrogen-bond donors (Lipinski definition) is 0. The third-order valence-corrected chi connectivity index (χ3v) is 7.89. The van der Waals surface area contributed by atoms with E-state index in [9.17, 15) is 4.79 Å². The lowest BCUT2D eigenvalue weighted by molar-refractivity contribution is 0.0601. The Kier molecular flexibility index (Phi) is 6.15. The molecule has 3 aromatic heterocycles. The maximum Gasteiger partial charge on any atom is 0.337 e. The third-order valence-electron chi connectivity index (χ3n) is 7.03. The zero-order valence-corrected chi connectivity index (χ0v) is 21.1. The summed E-state index contributed by atoms with van der Waals surface area (Å²) in [6.45, 7) is 1.62. The molecule has 0 saturated heterocycles. The summed E-state index contributed by atoms with van der Waals surface area (Å²) >= 11 is 1.75. The Hall–Kier alpha value is -3.71. The molecule has 7 heteroatoms. The molecule has 36 heavy (non-hydrogen) atoms. The van der Waals surface area contributed by atoms with Crippen LogP contribution in [0.25, 0.3) is 33.5 Å². The van der Waals surface area contributed by atoms with Crippen molar-refractivity contribution >= 4 is 39.4 Å². The predicted octanol–water partition coefficient (Wildman–Crippen LogP) is 6.70. The van der Waals surface area contributed by atoms with Crippen molar-refractivity contribution in [3.8, 4) is 11.4 Å². The second kappa shape index (κ2) is 9.74. The van der Waals surface area contributed by atoms with Crippen LogP contribution in [-0.4, -0.2) is 32.2 Å². The van der Waals surface area contributed by atoms with Crippen LogP contribution in [0.2, 0.25) is 0 Å². The van der Waals surface area contributed by atoms with Crippen LogP contribution < -0.4 is 0 Å². The monoisotopic (exact) mass is 496 g/mol. The fraction of sp³-hybridized carbons (Fsp3) is 0.276. The van der Waals surface area contributed by atoms with Gasteiger partial charge in [-0.15, -0.1) is 11.3 Å². The number of benzene rings is 2. The maximum absolute atomic E-state index is 12.2. The molecule has 0 fully saturated rings. The van der Waals surface area contributed by atoms with Crippen LogP contribution in [0.5, 0.6) is 0 Å². The van der Waals surface area contributed by atoms with Crippen LogP contribution in [0.3, 0.4) is 0 Å². The summed E-state index contributed by atoms with van der Waals surface area (Å²) in [5.41, 5.74) is 5.42. The van der Waals surface area contributed by atoms with Crippen LogP contribution in [0.4, 0.5) is 0 Å². The van der Waals surface area contributed by atoms with Gasteiger partial charge in [0.15, 0.2) is 0 Å². The molecule has 6 rings (SSSR count). The summed E-state index contributed by atoms with van der Waals surface area (Å²) in [4.78, 5) is 23.3. The highest BCUT2D eigenvalue weighted by atomic mass is 32.1. The van der Waals surface area contributed by atoms with Crippen molar-refractivity contribution in [2.24, 2.45) is 5.92 Å². The molecule has 0 bridgehead atoms. The quantitative estimate of drug-likeness (QED) is 0.186. The first-order chi connectivity index (χ1) is 17.7. The van der Waals surface area contributed by atoms with Crippen molar-refractivity contribution in [3.63, 3.8) is 0 Å². The number of carbonyl (C=O) groups excluding carboxylic acids is 1. The highest BCUT2D eigenvalue weighted by Crippen LogP contribution is 2.33. The second-order valence-electron chi connectivity index (χ2n) is 9.32. The van der Waals surface area contributed by atoms with E-state index in [1.54, 1.807) is 11.3 Å². The molecule has 0 aliphatic heterocycles. The number of aromatic nitrogens is 4. The Labute approximate surface area is 213 Å². The minimum atomic E-state index is -0.350. The largest absolute Gasteiger partial charge is 0.465 e. The fourth-order valence-corrected chi connectivity index (χ4v) is 5.93. The van der Waals surface area contributed by atoms with E-state index in [1.165, 1.54) is 31.2 Å². The van der Waals surface area contributed by atoms with Gasteiger partial charge in [0.1, 0.15) is 5.82 Å². The highest BCUT2D eigenvalue weighted by Gasteiger charge is 2.20. The SMILES string of the molecule is COC(=O)c1ccc2c(c1)nc(-c1cccc3ncn(Cc4cccs4)c13)n2CCC1C=CCCC1. The molecule has 182 valence electrons. The molecule has 1 unspecified atom stereocenters. The van der Waals surface area contributed by atoms with Gasteiger partial charge in [-0.2, -0.15) is 0 Å². The average molecular weight is 497 g/mol. The predicted molar refractivity (Wildman–Crippen MR) is 144 cm³/mol. The van der Waals surface area contributed by atoms with E-state index in [-0.39, 0.29) is 5.97 Å². The van der Waals surface area contributed by atoms with Crippen molar-refractivity contribution in [1.82, 2.24) is 19.1 Å². The number of allylic oxidation sites excluding steroid dienone is 2. The summed E-state index contributed by atoms with van der Waals surface area (Å²) < 4.78 is 9.48. The first kappa shape index (κ1) is 22.7. The highest BCUT2D eigenvalue weighted by molar-refractivity contribution is 7.09. The van der Waals surface area contributed by atoms with E-state index in [0.717, 1.165) is 53.0 Å². The summed E-state index contributed by atoms with van der Waals surface area (Å²) in [5, 5.41) is 2.10. The first-order valence-corrected chi connectivity index (χ1v) is 13.3. The summed E-state index contributed by atoms with van der Waals surface area (Å²) in [6, 6.07) is 16.1. The molecule has 3 heterocycles. The van der Waals surface area contributed by atoms with Gasteiger partial charge in [-0.3, -0.25) is 0 Å². The molecular formula is C29H28N4O2S. The molecule has 0 radical (unpaired) electrons. The number of rotatable bonds is 7. The number of thiophene rings is 1. The van der Waals surface area contributed by atoms with E-state index in [1.807, 2.05) is 30.6 Å². The lowest BCUT2D eigenvalue weighted by Crippen LogP contribution is -2.08. The van der Waals surface area contributed by atoms with Gasteiger partial charge in [0.05, 0.1) is 47.6 Å². The number of carbonyl (C=O) groups is 1. The minimum Gasteiger partial charge on any atom is -0.465 e. The number of para-hydroxylation sites is 1. The molecule has 1 aliphatic carbocycles. The number of hydrogen-bond acceptors (Lipinski definition) is 5. The van der Waals surface area contributed by atoms with Crippen LogP contribution in [0.15, 0.2) is 72.4 Å².